The van der Waals surface area contributed by atoms with Crippen LogP contribution in [0.1, 0.15) is 50.2 Å². The minimum Gasteiger partial charge on any atom is -0.379 e. The Morgan fingerprint density at radius 2 is 1.81 bits per heavy atom. The third-order valence-electron chi connectivity index (χ3n) is 5.78. The van der Waals surface area contributed by atoms with Gasteiger partial charge in [-0.05, 0) is 49.0 Å². The number of ether oxygens (including phenoxy) is 1. The first-order valence-corrected chi connectivity index (χ1v) is 11.1. The molecule has 27 heavy (non-hydrogen) atoms. The normalized spacial score (nSPS) is 18.6. The Morgan fingerprint density at radius 3 is 2.48 bits per heavy atom. The van der Waals surface area contributed by atoms with Crippen LogP contribution in [0.15, 0.2) is 24.3 Å². The second kappa shape index (κ2) is 11.0. The molecule has 1 aromatic carbocycles. The Balaban J connectivity index is 1.55. The van der Waals surface area contributed by atoms with Gasteiger partial charge in [0, 0.05) is 38.8 Å². The van der Waals surface area contributed by atoms with E-state index in [-0.39, 0.29) is 0 Å². The van der Waals surface area contributed by atoms with Crippen LogP contribution in [0, 0.1) is 0 Å². The average molecular weight is 390 g/mol. The van der Waals surface area contributed by atoms with Crippen LogP contribution < -0.4 is 5.32 Å². The molecule has 3 rings (SSSR count). The minimum atomic E-state index is 0.571. The molecule has 1 aromatic rings. The summed E-state index contributed by atoms with van der Waals surface area (Å²) in [6.07, 6.45) is 7.40. The highest BCUT2D eigenvalue weighted by Crippen LogP contribution is 2.18. The van der Waals surface area contributed by atoms with Gasteiger partial charge in [-0.1, -0.05) is 44.0 Å². The largest absolute Gasteiger partial charge is 0.379 e. The number of nitrogens with one attached hydrogen (secondary N) is 1. The van der Waals surface area contributed by atoms with E-state index in [4.69, 9.17) is 17.0 Å². The summed E-state index contributed by atoms with van der Waals surface area (Å²) in [6, 6.07) is 9.57. The summed E-state index contributed by atoms with van der Waals surface area (Å²) in [5, 5.41) is 4.57. The van der Waals surface area contributed by atoms with Crippen molar-refractivity contribution in [3.63, 3.8) is 0 Å². The molecule has 0 aromatic heterocycles. The summed E-state index contributed by atoms with van der Waals surface area (Å²) in [5.74, 6) is 0. The molecule has 1 aliphatic heterocycles. The molecule has 1 saturated heterocycles. The molecule has 0 unspecified atom stereocenters. The van der Waals surface area contributed by atoms with Gasteiger partial charge in [0.1, 0.15) is 0 Å². The first-order valence-electron chi connectivity index (χ1n) is 10.7. The molecule has 2 aliphatic rings. The first kappa shape index (κ1) is 20.6. The summed E-state index contributed by atoms with van der Waals surface area (Å²) < 4.78 is 5.45. The van der Waals surface area contributed by atoms with Crippen molar-refractivity contribution >= 4 is 17.3 Å². The van der Waals surface area contributed by atoms with Crippen molar-refractivity contribution in [1.82, 2.24) is 15.1 Å². The number of morpholine rings is 1. The standard InChI is InChI=1S/C22H35N3OS/c1-2-19-8-10-20(11-9-19)18-25(22(27)23-21-6-3-4-7-21)13-5-12-24-14-16-26-17-15-24/h8-11,21H,2-7,12-18H2,1H3,(H,23,27). The van der Waals surface area contributed by atoms with Gasteiger partial charge >= 0.3 is 0 Å². The first-order chi connectivity index (χ1) is 13.2. The highest BCUT2D eigenvalue weighted by Gasteiger charge is 2.19. The fourth-order valence-corrected chi connectivity index (χ4v) is 4.32. The predicted molar refractivity (Wildman–Crippen MR) is 116 cm³/mol. The van der Waals surface area contributed by atoms with Crippen molar-refractivity contribution in [3.8, 4) is 0 Å². The number of nitrogens with zero attached hydrogens (tertiary/aromatic N) is 2. The number of hydrogen-bond donors (Lipinski definition) is 1. The Bertz CT molecular complexity index is 565. The number of rotatable bonds is 8. The predicted octanol–water partition coefficient (Wildman–Crippen LogP) is 3.59. The van der Waals surface area contributed by atoms with Crippen molar-refractivity contribution in [3.05, 3.63) is 35.4 Å². The highest BCUT2D eigenvalue weighted by molar-refractivity contribution is 7.80. The molecule has 5 heteroatoms. The summed E-state index contributed by atoms with van der Waals surface area (Å²) in [4.78, 5) is 4.88. The van der Waals surface area contributed by atoms with Crippen LogP contribution >= 0.6 is 12.2 Å². The molecule has 0 bridgehead atoms. The summed E-state index contributed by atoms with van der Waals surface area (Å²) in [5.41, 5.74) is 2.73. The lowest BCUT2D eigenvalue weighted by atomic mass is 10.1. The molecule has 1 N–H and O–H groups in total. The third-order valence-corrected chi connectivity index (χ3v) is 6.16. The van der Waals surface area contributed by atoms with Crippen molar-refractivity contribution in [1.29, 1.82) is 0 Å². The molecule has 1 aliphatic carbocycles. The van der Waals surface area contributed by atoms with Crippen molar-refractivity contribution in [2.75, 3.05) is 39.4 Å². The van der Waals surface area contributed by atoms with Crippen LogP contribution in [0.3, 0.4) is 0 Å². The molecule has 0 amide bonds. The van der Waals surface area contributed by atoms with E-state index < -0.39 is 0 Å². The summed E-state index contributed by atoms with van der Waals surface area (Å²) in [6.45, 7) is 9.09. The number of benzene rings is 1. The molecule has 4 nitrogen and oxygen atoms in total. The van der Waals surface area contributed by atoms with E-state index in [0.29, 0.717) is 6.04 Å². The fourth-order valence-electron chi connectivity index (χ4n) is 4.00. The maximum absolute atomic E-state index is 5.81. The van der Waals surface area contributed by atoms with Crippen molar-refractivity contribution < 1.29 is 4.74 Å². The lowest BCUT2D eigenvalue weighted by Gasteiger charge is -2.30. The van der Waals surface area contributed by atoms with Gasteiger partial charge in [0.2, 0.25) is 0 Å². The van der Waals surface area contributed by atoms with E-state index in [0.717, 1.165) is 63.9 Å². The summed E-state index contributed by atoms with van der Waals surface area (Å²) in [7, 11) is 0. The molecule has 0 atom stereocenters. The smallest absolute Gasteiger partial charge is 0.169 e. The number of aryl methyl sites for hydroxylation is 1. The Morgan fingerprint density at radius 1 is 1.15 bits per heavy atom. The van der Waals surface area contributed by atoms with E-state index in [1.165, 1.54) is 36.8 Å². The van der Waals surface area contributed by atoms with Gasteiger partial charge in [-0.2, -0.15) is 0 Å². The lowest BCUT2D eigenvalue weighted by molar-refractivity contribution is 0.0367. The average Bonchev–Trinajstić information content (AvgIpc) is 3.21. The van der Waals surface area contributed by atoms with Crippen LogP contribution in [0.5, 0.6) is 0 Å². The topological polar surface area (TPSA) is 27.7 Å². The molecular weight excluding hydrogens is 354 g/mol. The van der Waals surface area contributed by atoms with Gasteiger partial charge in [0.15, 0.2) is 5.11 Å². The second-order valence-corrected chi connectivity index (χ2v) is 8.22. The molecule has 2 fully saturated rings. The van der Waals surface area contributed by atoms with Gasteiger partial charge in [0.05, 0.1) is 13.2 Å². The zero-order chi connectivity index (χ0) is 18.9. The highest BCUT2D eigenvalue weighted by atomic mass is 32.1. The zero-order valence-corrected chi connectivity index (χ0v) is 17.6. The maximum atomic E-state index is 5.81. The van der Waals surface area contributed by atoms with Crippen molar-refractivity contribution in [2.24, 2.45) is 0 Å². The monoisotopic (exact) mass is 389 g/mol. The molecular formula is C22H35N3OS. The lowest BCUT2D eigenvalue weighted by Crippen LogP contribution is -2.45. The minimum absolute atomic E-state index is 0.571. The fraction of sp³-hybridized carbons (Fsp3) is 0.682. The quantitative estimate of drug-likeness (QED) is 0.686. The van der Waals surface area contributed by atoms with Gasteiger partial charge in [-0.25, -0.2) is 0 Å². The Kier molecular flexibility index (Phi) is 8.36. The van der Waals surface area contributed by atoms with Crippen LogP contribution in [0.25, 0.3) is 0 Å². The van der Waals surface area contributed by atoms with Gasteiger partial charge in [0.25, 0.3) is 0 Å². The van der Waals surface area contributed by atoms with Crippen LogP contribution in [-0.4, -0.2) is 60.3 Å². The van der Waals surface area contributed by atoms with E-state index in [9.17, 15) is 0 Å². The van der Waals surface area contributed by atoms with E-state index in [1.54, 1.807) is 0 Å². The molecule has 1 saturated carbocycles. The van der Waals surface area contributed by atoms with E-state index in [1.807, 2.05) is 0 Å². The zero-order valence-electron chi connectivity index (χ0n) is 16.8. The molecule has 1 heterocycles. The van der Waals surface area contributed by atoms with Gasteiger partial charge < -0.3 is 15.0 Å². The third kappa shape index (κ3) is 6.74. The van der Waals surface area contributed by atoms with E-state index >= 15 is 0 Å². The second-order valence-electron chi connectivity index (χ2n) is 7.83. The van der Waals surface area contributed by atoms with Crippen LogP contribution in [0.2, 0.25) is 0 Å². The molecule has 150 valence electrons. The van der Waals surface area contributed by atoms with Crippen molar-refractivity contribution in [2.45, 2.75) is 58.0 Å². The number of hydrogen-bond acceptors (Lipinski definition) is 3. The maximum Gasteiger partial charge on any atom is 0.169 e. The molecule has 0 spiro atoms. The summed E-state index contributed by atoms with van der Waals surface area (Å²) >= 11 is 5.81. The Labute approximate surface area is 170 Å². The van der Waals surface area contributed by atoms with Gasteiger partial charge in [-0.15, -0.1) is 0 Å². The Hall–Kier alpha value is -1.17. The number of thiocarbonyl (C=S) groups is 1. The van der Waals surface area contributed by atoms with Gasteiger partial charge in [-0.3, -0.25) is 4.90 Å². The SMILES string of the molecule is CCc1ccc(CN(CCCN2CCOCC2)C(=S)NC2CCCC2)cc1. The van der Waals surface area contributed by atoms with E-state index in [2.05, 4.69) is 46.3 Å². The van der Waals surface area contributed by atoms with Crippen LogP contribution in [0.4, 0.5) is 0 Å². The van der Waals surface area contributed by atoms with Crippen LogP contribution in [-0.2, 0) is 17.7 Å². The molecule has 0 radical (unpaired) electrons.